The summed E-state index contributed by atoms with van der Waals surface area (Å²) >= 11 is 0. The van der Waals surface area contributed by atoms with Crippen LogP contribution in [0.25, 0.3) is 153 Å². The molecule has 20 rings (SSSR count). The first-order valence-electron chi connectivity index (χ1n) is 39.9. The number of hydrogen-bond acceptors (Lipinski definition) is 2. The number of nitrogens with zero attached hydrogens (tertiary/aromatic N) is 2. The van der Waals surface area contributed by atoms with Gasteiger partial charge in [-0.15, -0.1) is 0 Å². The fourth-order valence-electron chi connectivity index (χ4n) is 15.6. The van der Waals surface area contributed by atoms with Crippen LogP contribution in [0.5, 0.6) is 0 Å². The Morgan fingerprint density at radius 3 is 0.849 bits per heavy atom. The zero-order chi connectivity index (χ0) is 77.2. The lowest BCUT2D eigenvalue weighted by Crippen LogP contribution is -2.10. The molecule has 0 atom stereocenters. The van der Waals surface area contributed by atoms with Crippen molar-refractivity contribution >= 4 is 120 Å². The topological polar surface area (TPSA) is 6.48 Å². The second-order valence-corrected chi connectivity index (χ2v) is 26.8. The SMILES string of the molecule is [2H]c1c([2H])c(N(c2ccc(-c3cc4ccccc4c4ccccc34)cc2)c2cc3ccccc3c3ccccc23)c([2H])c([2H])c1-c1cccc(-c2ccccc2)c1.[2H]c1c([2H])c(N(c2ccc(-c3cc4ccccc4c4ccccc34)cc2)c2cc3ccccc3c3ccccc23)c([2H])c([2H])c1-c1ccccc1-c1ccccc1. The summed E-state index contributed by atoms with van der Waals surface area (Å²) in [5, 5.41) is 17.6. The Kier molecular flexibility index (Phi) is 14.2. The molecule has 0 spiro atoms. The van der Waals surface area contributed by atoms with Gasteiger partial charge < -0.3 is 9.80 Å². The van der Waals surface area contributed by atoms with Gasteiger partial charge in [0.2, 0.25) is 0 Å². The smallest absolute Gasteiger partial charge is 0.0645 e. The summed E-state index contributed by atoms with van der Waals surface area (Å²) in [6, 6.07) is 126. The summed E-state index contributed by atoms with van der Waals surface area (Å²) in [7, 11) is 0. The van der Waals surface area contributed by atoms with E-state index in [-0.39, 0.29) is 70.8 Å². The molecule has 2 nitrogen and oxygen atoms in total. The zero-order valence-electron chi connectivity index (χ0n) is 65.7. The molecule has 0 aliphatic carbocycles. The third kappa shape index (κ3) is 11.7. The molecule has 0 saturated heterocycles. The summed E-state index contributed by atoms with van der Waals surface area (Å²) in [6.07, 6.45) is 0. The molecule has 106 heavy (non-hydrogen) atoms. The monoisotopic (exact) mass is 1350 g/mol. The molecule has 0 bridgehead atoms. The van der Waals surface area contributed by atoms with Gasteiger partial charge in [-0.25, -0.2) is 0 Å². The van der Waals surface area contributed by atoms with Crippen molar-refractivity contribution in [3.05, 3.63) is 424 Å². The van der Waals surface area contributed by atoms with Gasteiger partial charge in [-0.3, -0.25) is 0 Å². The van der Waals surface area contributed by atoms with Gasteiger partial charge in [0.25, 0.3) is 0 Å². The second-order valence-electron chi connectivity index (χ2n) is 26.8. The minimum absolute atomic E-state index is 0.0921. The molecule has 2 heteroatoms. The predicted octanol–water partition coefficient (Wildman–Crippen LogP) is 29.5. The standard InChI is InChI=1S/2C52H35N/c1-2-14-36(15-3-1)43-18-8-9-19-44(43)37-26-30-41(31-27-37)53(52-35-40-17-5-7-21-46(40)48-23-12-13-25-50(48)52)42-32-28-38(29-33-42)51-34-39-16-4-6-20-45(39)47-22-10-11-24-49(47)51;1-2-13-36(14-3-1)39-17-12-18-40(33-39)37-25-29-43(30-26-37)53(52-35-42-16-5-7-20-46(42)48-22-10-11-24-50(48)52)44-31-27-38(28-32-44)51-34-41-15-4-6-19-45(41)47-21-8-9-23-49(47)51/h2*1-35H/i26D,27D,30D,31D;25D,26D,29D,30D. The van der Waals surface area contributed by atoms with E-state index in [1.807, 2.05) is 192 Å². The molecule has 0 amide bonds. The van der Waals surface area contributed by atoms with Crippen molar-refractivity contribution in [1.82, 2.24) is 0 Å². The lowest BCUT2D eigenvalue weighted by atomic mass is 9.93. The highest BCUT2D eigenvalue weighted by Gasteiger charge is 2.22. The highest BCUT2D eigenvalue weighted by Crippen LogP contribution is 2.47. The fourth-order valence-corrected chi connectivity index (χ4v) is 15.6. The van der Waals surface area contributed by atoms with Crippen molar-refractivity contribution in [2.24, 2.45) is 0 Å². The average molecular weight is 1360 g/mol. The van der Waals surface area contributed by atoms with Crippen LogP contribution in [0.3, 0.4) is 0 Å². The van der Waals surface area contributed by atoms with Crippen LogP contribution in [0.1, 0.15) is 11.0 Å². The molecule has 0 radical (unpaired) electrons. The van der Waals surface area contributed by atoms with Crippen molar-refractivity contribution in [2.75, 3.05) is 9.80 Å². The summed E-state index contributed by atoms with van der Waals surface area (Å²) in [4.78, 5) is 3.84. The summed E-state index contributed by atoms with van der Waals surface area (Å²) in [5.74, 6) is 0. The third-order valence-corrected chi connectivity index (χ3v) is 20.6. The number of benzene rings is 20. The molecule has 0 fully saturated rings. The molecule has 0 unspecified atom stereocenters. The van der Waals surface area contributed by atoms with Gasteiger partial charge in [0.15, 0.2) is 0 Å². The molecular weight excluding hydrogens is 1280 g/mol. The highest BCUT2D eigenvalue weighted by molar-refractivity contribution is 6.18. The fraction of sp³-hybridized carbons (Fsp3) is 0. The summed E-state index contributed by atoms with van der Waals surface area (Å²) in [5.41, 5.74) is 13.3. The zero-order valence-corrected chi connectivity index (χ0v) is 57.7. The van der Waals surface area contributed by atoms with E-state index in [9.17, 15) is 11.0 Å². The summed E-state index contributed by atoms with van der Waals surface area (Å²) < 4.78 is 76.8. The van der Waals surface area contributed by atoms with Gasteiger partial charge in [0.05, 0.1) is 22.3 Å². The predicted molar refractivity (Wildman–Crippen MR) is 455 cm³/mol. The van der Waals surface area contributed by atoms with E-state index in [1.165, 1.54) is 21.5 Å². The van der Waals surface area contributed by atoms with E-state index >= 15 is 0 Å². The van der Waals surface area contributed by atoms with Gasteiger partial charge in [0.1, 0.15) is 0 Å². The number of hydrogen-bond donors (Lipinski definition) is 0. The second kappa shape index (κ2) is 27.5. The Bertz CT molecular complexity index is 7150. The van der Waals surface area contributed by atoms with E-state index in [1.54, 1.807) is 0 Å². The lowest BCUT2D eigenvalue weighted by Gasteiger charge is -2.28. The first-order valence-corrected chi connectivity index (χ1v) is 35.9. The Morgan fingerprint density at radius 1 is 0.151 bits per heavy atom. The maximum Gasteiger partial charge on any atom is 0.0645 e. The Labute approximate surface area is 628 Å². The molecule has 0 heterocycles. The largest absolute Gasteiger partial charge is 0.310 e. The van der Waals surface area contributed by atoms with Gasteiger partial charge >= 0.3 is 0 Å². The van der Waals surface area contributed by atoms with E-state index in [0.717, 1.165) is 132 Å². The van der Waals surface area contributed by atoms with Crippen LogP contribution >= 0.6 is 0 Å². The van der Waals surface area contributed by atoms with Gasteiger partial charge in [-0.2, -0.15) is 0 Å². The maximum absolute atomic E-state index is 9.71. The minimum atomic E-state index is -0.115. The van der Waals surface area contributed by atoms with Crippen LogP contribution in [0.2, 0.25) is 0 Å². The van der Waals surface area contributed by atoms with Crippen molar-refractivity contribution in [1.29, 1.82) is 0 Å². The first-order chi connectivity index (χ1) is 55.9. The Balaban J connectivity index is 0.000000153. The van der Waals surface area contributed by atoms with Gasteiger partial charge in [-0.05, 0) is 221 Å². The normalized spacial score (nSPS) is 12.5. The van der Waals surface area contributed by atoms with Crippen LogP contribution < -0.4 is 9.80 Å². The quantitative estimate of drug-likeness (QED) is 0.113. The van der Waals surface area contributed by atoms with Gasteiger partial charge in [-0.1, -0.05) is 346 Å². The number of anilines is 6. The summed E-state index contributed by atoms with van der Waals surface area (Å²) in [6.45, 7) is 0. The maximum atomic E-state index is 9.71. The highest BCUT2D eigenvalue weighted by atomic mass is 15.1. The third-order valence-electron chi connectivity index (χ3n) is 20.6. The van der Waals surface area contributed by atoms with Crippen molar-refractivity contribution < 1.29 is 11.0 Å². The molecule has 0 aliphatic rings. The molecule has 0 aromatic heterocycles. The van der Waals surface area contributed by atoms with Gasteiger partial charge in [0, 0.05) is 33.5 Å². The van der Waals surface area contributed by atoms with E-state index < -0.39 is 0 Å². The average Bonchev–Trinajstić information content (AvgIpc) is 0.731. The minimum Gasteiger partial charge on any atom is -0.310 e. The molecule has 0 N–H and O–H groups in total. The van der Waals surface area contributed by atoms with E-state index in [2.05, 4.69) is 194 Å². The van der Waals surface area contributed by atoms with Crippen LogP contribution in [-0.4, -0.2) is 0 Å². The Hall–Kier alpha value is -13.9. The molecule has 20 aromatic rings. The van der Waals surface area contributed by atoms with Crippen molar-refractivity contribution in [3.8, 4) is 66.8 Å². The van der Waals surface area contributed by atoms with E-state index in [4.69, 9.17) is 0 Å². The molecule has 496 valence electrons. The molecule has 0 saturated carbocycles. The Morgan fingerprint density at radius 2 is 0.434 bits per heavy atom. The van der Waals surface area contributed by atoms with Crippen LogP contribution in [0, 0.1) is 0 Å². The van der Waals surface area contributed by atoms with Crippen LogP contribution in [-0.2, 0) is 0 Å². The molecular formula is C104H70N2. The molecule has 20 aromatic carbocycles. The number of rotatable bonds is 12. The molecule has 0 aliphatic heterocycles. The number of fused-ring (bicyclic) bond motifs is 12. The van der Waals surface area contributed by atoms with Crippen LogP contribution in [0.4, 0.5) is 34.1 Å². The van der Waals surface area contributed by atoms with E-state index in [0.29, 0.717) is 11.1 Å². The van der Waals surface area contributed by atoms with Crippen molar-refractivity contribution in [2.45, 2.75) is 0 Å². The van der Waals surface area contributed by atoms with Crippen LogP contribution in [0.15, 0.2) is 424 Å². The lowest BCUT2D eigenvalue weighted by molar-refractivity contribution is 1.30. The van der Waals surface area contributed by atoms with Crippen molar-refractivity contribution in [3.63, 3.8) is 0 Å². The first kappa shape index (κ1) is 54.8.